The number of aromatic nitrogens is 2. The average molecular weight is 637 g/mol. The smallest absolute Gasteiger partial charge is 0.333 e. The summed E-state index contributed by atoms with van der Waals surface area (Å²) >= 11 is 5.64. The molecule has 45 heavy (non-hydrogen) atoms. The second kappa shape index (κ2) is 14.5. The number of nitrogens with zero attached hydrogens (tertiary/aromatic N) is 4. The molecule has 7 nitrogen and oxygen atoms in total. The molecule has 0 spiro atoms. The van der Waals surface area contributed by atoms with Gasteiger partial charge in [-0.1, -0.05) is 44.2 Å². The highest BCUT2D eigenvalue weighted by Gasteiger charge is 2.37. The molecule has 0 aliphatic heterocycles. The summed E-state index contributed by atoms with van der Waals surface area (Å²) in [6.07, 6.45) is -2.58. The minimum absolute atomic E-state index is 0.0182. The largest absolute Gasteiger partial charge is 0.416 e. The fourth-order valence-corrected chi connectivity index (χ4v) is 5.43. The summed E-state index contributed by atoms with van der Waals surface area (Å²) in [5, 5.41) is 12.0. The number of halogens is 4. The van der Waals surface area contributed by atoms with Crippen molar-refractivity contribution in [2.75, 3.05) is 5.32 Å². The van der Waals surface area contributed by atoms with Crippen LogP contribution in [0.1, 0.15) is 41.8 Å². The molecule has 0 fully saturated rings. The van der Waals surface area contributed by atoms with Crippen molar-refractivity contribution < 1.29 is 22.4 Å². The predicted octanol–water partition coefficient (Wildman–Crippen LogP) is 6.53. The summed E-state index contributed by atoms with van der Waals surface area (Å²) in [7, 11) is 0. The zero-order chi connectivity index (χ0) is 32.7. The summed E-state index contributed by atoms with van der Waals surface area (Å²) in [5.74, 6) is -1.86. The summed E-state index contributed by atoms with van der Waals surface area (Å²) in [6.45, 7) is 3.71. The number of hydrogen-bond donors (Lipinski definition) is 2. The third-order valence-corrected chi connectivity index (χ3v) is 7.76. The Morgan fingerprint density at radius 1 is 1.09 bits per heavy atom. The molecule has 0 saturated carbocycles. The molecule has 0 bridgehead atoms. The van der Waals surface area contributed by atoms with Gasteiger partial charge in [-0.05, 0) is 71.7 Å². The second-order valence-corrected chi connectivity index (χ2v) is 11.3. The van der Waals surface area contributed by atoms with Crippen molar-refractivity contribution in [3.8, 4) is 6.07 Å². The summed E-state index contributed by atoms with van der Waals surface area (Å²) in [5.41, 5.74) is 8.31. The standard InChI is InChI=1S/C33H32F4N6OS/c1-21(2)30(29(44)15-27-17-40-20-42(27)18-23-9-7-22(16-38)8-10-23)31(39)43(32(45)41-26-13-11-25(34)12-14-26)19-24-5-3-4-6-28(24)33(35,36)37/h3-14,17,20-21,30-31H,15,18-19,39H2,1-2H3,(H,41,45)/t30-,31?/m1/s1. The van der Waals surface area contributed by atoms with Crippen LogP contribution in [0.4, 0.5) is 23.2 Å². The van der Waals surface area contributed by atoms with E-state index in [4.69, 9.17) is 23.2 Å². The van der Waals surface area contributed by atoms with Crippen molar-refractivity contribution in [3.63, 3.8) is 0 Å². The maximum Gasteiger partial charge on any atom is 0.416 e. The van der Waals surface area contributed by atoms with Crippen LogP contribution in [0.3, 0.4) is 0 Å². The molecule has 2 atom stereocenters. The number of anilines is 1. The molecule has 0 amide bonds. The van der Waals surface area contributed by atoms with Gasteiger partial charge in [-0.25, -0.2) is 9.37 Å². The fourth-order valence-electron chi connectivity index (χ4n) is 5.13. The molecule has 12 heteroatoms. The Kier molecular flexibility index (Phi) is 10.7. The molecular formula is C33H32F4N6OS. The highest BCUT2D eigenvalue weighted by Crippen LogP contribution is 2.33. The van der Waals surface area contributed by atoms with Crippen LogP contribution in [0.15, 0.2) is 85.3 Å². The minimum atomic E-state index is -4.63. The van der Waals surface area contributed by atoms with Gasteiger partial charge in [0.1, 0.15) is 11.6 Å². The highest BCUT2D eigenvalue weighted by atomic mass is 32.1. The molecular weight excluding hydrogens is 604 g/mol. The second-order valence-electron chi connectivity index (χ2n) is 10.9. The van der Waals surface area contributed by atoms with E-state index in [1.54, 1.807) is 24.7 Å². The van der Waals surface area contributed by atoms with Gasteiger partial charge in [-0.3, -0.25) is 4.79 Å². The van der Waals surface area contributed by atoms with Crippen LogP contribution >= 0.6 is 12.2 Å². The van der Waals surface area contributed by atoms with E-state index in [1.165, 1.54) is 47.4 Å². The Balaban J connectivity index is 1.62. The lowest BCUT2D eigenvalue weighted by Gasteiger charge is -2.38. The molecule has 0 aliphatic carbocycles. The number of carbonyl (C=O) groups excluding carboxylic acids is 1. The van der Waals surface area contributed by atoms with Crippen molar-refractivity contribution >= 4 is 28.8 Å². The van der Waals surface area contributed by atoms with Crippen molar-refractivity contribution in [2.24, 2.45) is 17.6 Å². The Hall–Kier alpha value is -4.60. The molecule has 4 rings (SSSR count). The monoisotopic (exact) mass is 636 g/mol. The lowest BCUT2D eigenvalue weighted by atomic mass is 9.86. The quantitative estimate of drug-likeness (QED) is 0.110. The number of nitrogens with two attached hydrogens (primary N) is 1. The van der Waals surface area contributed by atoms with E-state index >= 15 is 0 Å². The van der Waals surface area contributed by atoms with Gasteiger partial charge in [0, 0.05) is 37.1 Å². The third-order valence-electron chi connectivity index (χ3n) is 7.43. The van der Waals surface area contributed by atoms with Gasteiger partial charge in [0.2, 0.25) is 0 Å². The Labute approximate surface area is 264 Å². The predicted molar refractivity (Wildman–Crippen MR) is 167 cm³/mol. The molecule has 3 N–H and O–H groups in total. The summed E-state index contributed by atoms with van der Waals surface area (Å²) in [6, 6.07) is 19.6. The fraction of sp³-hybridized carbons (Fsp3) is 0.273. The Morgan fingerprint density at radius 2 is 1.76 bits per heavy atom. The lowest BCUT2D eigenvalue weighted by Crippen LogP contribution is -2.55. The van der Waals surface area contributed by atoms with E-state index in [0.29, 0.717) is 23.5 Å². The van der Waals surface area contributed by atoms with Gasteiger partial charge in [-0.2, -0.15) is 18.4 Å². The maximum absolute atomic E-state index is 13.9. The molecule has 4 aromatic rings. The van der Waals surface area contributed by atoms with Crippen LogP contribution < -0.4 is 11.1 Å². The number of nitriles is 1. The first-order valence-electron chi connectivity index (χ1n) is 14.1. The average Bonchev–Trinajstić information content (AvgIpc) is 3.42. The zero-order valence-electron chi connectivity index (χ0n) is 24.6. The number of nitrogens with one attached hydrogen (secondary N) is 1. The zero-order valence-corrected chi connectivity index (χ0v) is 25.4. The highest BCUT2D eigenvalue weighted by molar-refractivity contribution is 7.80. The molecule has 1 unspecified atom stereocenters. The number of benzene rings is 3. The maximum atomic E-state index is 13.9. The van der Waals surface area contributed by atoms with Crippen molar-refractivity contribution in [3.05, 3.63) is 119 Å². The summed E-state index contributed by atoms with van der Waals surface area (Å²) in [4.78, 5) is 19.5. The lowest BCUT2D eigenvalue weighted by molar-refractivity contribution is -0.138. The minimum Gasteiger partial charge on any atom is -0.333 e. The Bertz CT molecular complexity index is 1660. The SMILES string of the molecule is CC(C)[C@H](C(=O)Cc1cncn1Cc1ccc(C#N)cc1)C(N)N(Cc1ccccc1C(F)(F)F)C(=S)Nc1ccc(F)cc1. The van der Waals surface area contributed by atoms with Crippen LogP contribution in [-0.4, -0.2) is 31.5 Å². The Morgan fingerprint density at radius 3 is 2.38 bits per heavy atom. The normalized spacial score (nSPS) is 12.8. The third kappa shape index (κ3) is 8.53. The number of rotatable bonds is 11. The first-order valence-corrected chi connectivity index (χ1v) is 14.5. The van der Waals surface area contributed by atoms with Gasteiger partial charge in [0.25, 0.3) is 0 Å². The van der Waals surface area contributed by atoms with Crippen LogP contribution in [0.5, 0.6) is 0 Å². The number of imidazole rings is 1. The number of thiocarbonyl (C=S) groups is 1. The molecule has 234 valence electrons. The van der Waals surface area contributed by atoms with E-state index in [9.17, 15) is 22.4 Å². The molecule has 0 saturated heterocycles. The summed E-state index contributed by atoms with van der Waals surface area (Å²) < 4.78 is 57.1. The number of carbonyl (C=O) groups is 1. The van der Waals surface area contributed by atoms with Crippen molar-refractivity contribution in [2.45, 2.75) is 45.7 Å². The van der Waals surface area contributed by atoms with E-state index in [0.717, 1.165) is 11.6 Å². The molecule has 0 radical (unpaired) electrons. The van der Waals surface area contributed by atoms with Crippen molar-refractivity contribution in [1.29, 1.82) is 5.26 Å². The van der Waals surface area contributed by atoms with Gasteiger partial charge in [-0.15, -0.1) is 0 Å². The van der Waals surface area contributed by atoms with Crippen LogP contribution in [-0.2, 0) is 30.5 Å². The molecule has 0 aliphatic rings. The van der Waals surface area contributed by atoms with E-state index < -0.39 is 29.6 Å². The van der Waals surface area contributed by atoms with Gasteiger partial charge in [0.05, 0.1) is 35.6 Å². The first kappa shape index (κ1) is 33.3. The van der Waals surface area contributed by atoms with Crippen LogP contribution in [0.25, 0.3) is 0 Å². The van der Waals surface area contributed by atoms with Crippen molar-refractivity contribution in [1.82, 2.24) is 14.5 Å². The van der Waals surface area contributed by atoms with Crippen LogP contribution in [0.2, 0.25) is 0 Å². The molecule has 3 aromatic carbocycles. The number of Topliss-reactive ketones (excluding diaryl/α,β-unsaturated/α-hetero) is 1. The van der Waals surface area contributed by atoms with E-state index in [2.05, 4.69) is 16.4 Å². The molecule has 1 heterocycles. The number of ketones is 1. The van der Waals surface area contributed by atoms with E-state index in [1.807, 2.05) is 30.5 Å². The van der Waals surface area contributed by atoms with Crippen LogP contribution in [0, 0.1) is 29.0 Å². The van der Waals surface area contributed by atoms with E-state index in [-0.39, 0.29) is 35.3 Å². The number of alkyl halides is 3. The van der Waals surface area contributed by atoms with Gasteiger partial charge < -0.3 is 20.5 Å². The number of hydrogen-bond acceptors (Lipinski definition) is 5. The topological polar surface area (TPSA) is 100.0 Å². The molecule has 1 aromatic heterocycles. The van der Waals surface area contributed by atoms with Gasteiger partial charge in [0.15, 0.2) is 5.11 Å². The van der Waals surface area contributed by atoms with Gasteiger partial charge >= 0.3 is 6.18 Å². The first-order chi connectivity index (χ1) is 21.4.